The van der Waals surface area contributed by atoms with E-state index in [1.807, 2.05) is 0 Å². The molecule has 0 saturated heterocycles. The van der Waals surface area contributed by atoms with Gasteiger partial charge in [-0.3, -0.25) is 0 Å². The number of guanidine groups is 1. The molecule has 1 aromatic rings. The molecule has 0 unspecified atom stereocenters. The van der Waals surface area contributed by atoms with Crippen LogP contribution in [0, 0.1) is 0 Å². The van der Waals surface area contributed by atoms with Gasteiger partial charge in [0.2, 0.25) is 5.96 Å². The molecule has 0 aliphatic rings. The van der Waals surface area contributed by atoms with Gasteiger partial charge in [-0.15, -0.1) is 4.40 Å². The number of nitrogen functional groups attached to an aromatic ring is 1. The third-order valence-corrected chi connectivity index (χ3v) is 3.76. The molecule has 0 aliphatic heterocycles. The second kappa shape index (κ2) is 4.07. The molecule has 6 nitrogen and oxygen atoms in total. The van der Waals surface area contributed by atoms with E-state index < -0.39 is 16.0 Å². The molecule has 6 N–H and O–H groups in total. The number of nitrogens with zero attached hydrogens (tertiary/aromatic N) is 1. The molecule has 1 aromatic carbocycles. The summed E-state index contributed by atoms with van der Waals surface area (Å²) >= 11 is 3.07. The summed E-state index contributed by atoms with van der Waals surface area (Å²) in [7, 11) is -3.90. The van der Waals surface area contributed by atoms with Crippen LogP contribution in [0.4, 0.5) is 5.69 Å². The van der Waals surface area contributed by atoms with E-state index in [1.165, 1.54) is 12.1 Å². The smallest absolute Gasteiger partial charge is 0.286 e. The predicted molar refractivity (Wildman–Crippen MR) is 61.5 cm³/mol. The maximum atomic E-state index is 11.6. The van der Waals surface area contributed by atoms with Crippen molar-refractivity contribution in [2.75, 3.05) is 5.73 Å². The van der Waals surface area contributed by atoms with E-state index in [-0.39, 0.29) is 4.90 Å². The molecule has 0 spiro atoms. The number of nitrogens with two attached hydrogens (primary N) is 3. The van der Waals surface area contributed by atoms with Gasteiger partial charge < -0.3 is 17.2 Å². The standard InChI is InChI=1S/C7H9BrN4O2S/c8-5-2-1-4(9)3-6(5)15(13,14)12-7(10)11/h1-3H,9H2,(H4,10,11,12). The van der Waals surface area contributed by atoms with Crippen molar-refractivity contribution in [3.8, 4) is 0 Å². The van der Waals surface area contributed by atoms with Gasteiger partial charge in [0, 0.05) is 10.2 Å². The zero-order valence-electron chi connectivity index (χ0n) is 7.51. The van der Waals surface area contributed by atoms with Gasteiger partial charge in [-0.25, -0.2) is 0 Å². The topological polar surface area (TPSA) is 125 Å². The molecule has 0 bridgehead atoms. The van der Waals surface area contributed by atoms with Crippen LogP contribution < -0.4 is 17.2 Å². The number of hydrogen-bond acceptors (Lipinski definition) is 3. The number of sulfonamides is 1. The molecule has 0 saturated carbocycles. The fraction of sp³-hybridized carbons (Fsp3) is 0. The highest BCUT2D eigenvalue weighted by Crippen LogP contribution is 2.25. The molecule has 15 heavy (non-hydrogen) atoms. The maximum absolute atomic E-state index is 11.6. The lowest BCUT2D eigenvalue weighted by Gasteiger charge is -2.03. The van der Waals surface area contributed by atoms with Crippen molar-refractivity contribution in [3.05, 3.63) is 22.7 Å². The maximum Gasteiger partial charge on any atom is 0.286 e. The molecule has 0 heterocycles. The lowest BCUT2D eigenvalue weighted by Crippen LogP contribution is -2.24. The lowest BCUT2D eigenvalue weighted by atomic mass is 10.3. The van der Waals surface area contributed by atoms with Crippen molar-refractivity contribution < 1.29 is 8.42 Å². The highest BCUT2D eigenvalue weighted by Gasteiger charge is 2.17. The quantitative estimate of drug-likeness (QED) is 0.402. The van der Waals surface area contributed by atoms with Crippen LogP contribution in [0.1, 0.15) is 0 Å². The Balaban J connectivity index is 3.40. The molecule has 0 radical (unpaired) electrons. The molecule has 0 amide bonds. The van der Waals surface area contributed by atoms with Crippen molar-refractivity contribution in [2.24, 2.45) is 15.9 Å². The van der Waals surface area contributed by atoms with Gasteiger partial charge in [-0.1, -0.05) is 0 Å². The summed E-state index contributed by atoms with van der Waals surface area (Å²) in [6.45, 7) is 0. The van der Waals surface area contributed by atoms with E-state index in [1.54, 1.807) is 6.07 Å². The minimum Gasteiger partial charge on any atom is -0.399 e. The summed E-state index contributed by atoms with van der Waals surface area (Å²) in [5.41, 5.74) is 15.8. The fourth-order valence-electron chi connectivity index (χ4n) is 0.906. The average Bonchev–Trinajstić information content (AvgIpc) is 2.06. The zero-order chi connectivity index (χ0) is 11.6. The van der Waals surface area contributed by atoms with Crippen molar-refractivity contribution >= 4 is 37.6 Å². The second-order valence-corrected chi connectivity index (χ2v) is 5.11. The van der Waals surface area contributed by atoms with Crippen LogP contribution in [0.5, 0.6) is 0 Å². The molecule has 8 heteroatoms. The highest BCUT2D eigenvalue weighted by molar-refractivity contribution is 9.10. The molecule has 82 valence electrons. The van der Waals surface area contributed by atoms with Gasteiger partial charge in [0.1, 0.15) is 4.90 Å². The number of hydrogen-bond donors (Lipinski definition) is 3. The van der Waals surface area contributed by atoms with Crippen LogP contribution >= 0.6 is 15.9 Å². The Bertz CT molecular complexity index is 508. The highest BCUT2D eigenvalue weighted by atomic mass is 79.9. The van der Waals surface area contributed by atoms with E-state index in [9.17, 15) is 8.42 Å². The summed E-state index contributed by atoms with van der Waals surface area (Å²) in [6.07, 6.45) is 0. The first kappa shape index (κ1) is 11.8. The molecule has 0 aliphatic carbocycles. The molecule has 0 aromatic heterocycles. The van der Waals surface area contributed by atoms with Crippen LogP contribution in [0.3, 0.4) is 0 Å². The first-order valence-electron chi connectivity index (χ1n) is 3.74. The van der Waals surface area contributed by atoms with Crippen LogP contribution in [-0.4, -0.2) is 14.4 Å². The average molecular weight is 293 g/mol. The molecule has 0 fully saturated rings. The van der Waals surface area contributed by atoms with Crippen LogP contribution in [0.25, 0.3) is 0 Å². The number of anilines is 1. The predicted octanol–water partition coefficient (Wildman–Crippen LogP) is -0.00660. The van der Waals surface area contributed by atoms with Crippen molar-refractivity contribution in [1.29, 1.82) is 0 Å². The Morgan fingerprint density at radius 3 is 2.47 bits per heavy atom. The Morgan fingerprint density at radius 2 is 1.93 bits per heavy atom. The Kier molecular flexibility index (Phi) is 3.20. The van der Waals surface area contributed by atoms with E-state index in [4.69, 9.17) is 17.2 Å². The lowest BCUT2D eigenvalue weighted by molar-refractivity contribution is 0.597. The fourth-order valence-corrected chi connectivity index (χ4v) is 2.74. The Morgan fingerprint density at radius 1 is 1.33 bits per heavy atom. The van der Waals surface area contributed by atoms with Gasteiger partial charge >= 0.3 is 0 Å². The van der Waals surface area contributed by atoms with Crippen LogP contribution in [0.15, 0.2) is 32.0 Å². The van der Waals surface area contributed by atoms with Gasteiger partial charge in [0.15, 0.2) is 0 Å². The third kappa shape index (κ3) is 2.83. The Hall–Kier alpha value is -1.28. The molecule has 1 rings (SSSR count). The second-order valence-electron chi connectivity index (χ2n) is 2.68. The normalized spacial score (nSPS) is 11.0. The van der Waals surface area contributed by atoms with Crippen LogP contribution in [-0.2, 0) is 10.0 Å². The number of benzene rings is 1. The first-order chi connectivity index (χ1) is 6.83. The molecular formula is C7H9BrN4O2S. The van der Waals surface area contributed by atoms with Crippen LogP contribution in [0.2, 0.25) is 0 Å². The van der Waals surface area contributed by atoms with Crippen molar-refractivity contribution in [3.63, 3.8) is 0 Å². The van der Waals surface area contributed by atoms with Gasteiger partial charge in [-0.2, -0.15) is 8.42 Å². The summed E-state index contributed by atoms with van der Waals surface area (Å²) in [5.74, 6) is -0.524. The Labute approximate surface area is 95.3 Å². The van der Waals surface area contributed by atoms with E-state index in [0.29, 0.717) is 10.2 Å². The number of halogens is 1. The summed E-state index contributed by atoms with van der Waals surface area (Å²) < 4.78 is 26.7. The summed E-state index contributed by atoms with van der Waals surface area (Å²) in [5, 5.41) is 0. The van der Waals surface area contributed by atoms with Gasteiger partial charge in [-0.05, 0) is 34.1 Å². The van der Waals surface area contributed by atoms with Crippen molar-refractivity contribution in [1.82, 2.24) is 0 Å². The van der Waals surface area contributed by atoms with E-state index in [0.717, 1.165) is 0 Å². The summed E-state index contributed by atoms with van der Waals surface area (Å²) in [6, 6.07) is 4.33. The minimum absolute atomic E-state index is 0.0732. The first-order valence-corrected chi connectivity index (χ1v) is 5.97. The minimum atomic E-state index is -3.90. The zero-order valence-corrected chi connectivity index (χ0v) is 9.92. The van der Waals surface area contributed by atoms with Gasteiger partial charge in [0.25, 0.3) is 10.0 Å². The third-order valence-electron chi connectivity index (χ3n) is 1.46. The monoisotopic (exact) mass is 292 g/mol. The van der Waals surface area contributed by atoms with Gasteiger partial charge in [0.05, 0.1) is 0 Å². The molecule has 0 atom stereocenters. The SMILES string of the molecule is NC(N)=NS(=O)(=O)c1cc(N)ccc1Br. The van der Waals surface area contributed by atoms with E-state index in [2.05, 4.69) is 20.3 Å². The summed E-state index contributed by atoms with van der Waals surface area (Å²) in [4.78, 5) is -0.0732. The number of rotatable bonds is 2. The molecular weight excluding hydrogens is 284 g/mol. The van der Waals surface area contributed by atoms with Crippen molar-refractivity contribution in [2.45, 2.75) is 4.90 Å². The van der Waals surface area contributed by atoms with E-state index >= 15 is 0 Å². The largest absolute Gasteiger partial charge is 0.399 e.